The van der Waals surface area contributed by atoms with Crippen LogP contribution in [-0.4, -0.2) is 12.1 Å². The highest BCUT2D eigenvalue weighted by atomic mass is 16.5. The molecule has 0 saturated heterocycles. The van der Waals surface area contributed by atoms with Crippen LogP contribution in [-0.2, 0) is 9.53 Å². The lowest BCUT2D eigenvalue weighted by molar-refractivity contribution is -0.147. The molecule has 3 atom stereocenters. The number of carbonyl (C=O) groups is 1. The monoisotopic (exact) mass is 180 g/mol. The summed E-state index contributed by atoms with van der Waals surface area (Å²) in [5.41, 5.74) is 1.50. The third kappa shape index (κ3) is 1.50. The summed E-state index contributed by atoms with van der Waals surface area (Å²) in [6, 6.07) is 0. The van der Waals surface area contributed by atoms with Gasteiger partial charge < -0.3 is 4.74 Å². The Morgan fingerprint density at radius 2 is 2.31 bits per heavy atom. The lowest BCUT2D eigenvalue weighted by atomic mass is 9.92. The molecule has 0 aromatic carbocycles. The summed E-state index contributed by atoms with van der Waals surface area (Å²) in [4.78, 5) is 10.8. The van der Waals surface area contributed by atoms with Gasteiger partial charge in [0.25, 0.3) is 0 Å². The molecule has 0 unspecified atom stereocenters. The van der Waals surface area contributed by atoms with Gasteiger partial charge in [0.15, 0.2) is 0 Å². The lowest BCUT2D eigenvalue weighted by Gasteiger charge is -2.23. The van der Waals surface area contributed by atoms with Gasteiger partial charge in [-0.05, 0) is 32.1 Å². The number of allylic oxidation sites excluding steroid dienone is 1. The van der Waals surface area contributed by atoms with Crippen LogP contribution in [0.25, 0.3) is 0 Å². The van der Waals surface area contributed by atoms with E-state index in [9.17, 15) is 4.79 Å². The van der Waals surface area contributed by atoms with Gasteiger partial charge in [0.1, 0.15) is 6.10 Å². The average Bonchev–Trinajstić information content (AvgIpc) is 2.60. The molecule has 2 bridgehead atoms. The summed E-state index contributed by atoms with van der Waals surface area (Å²) in [7, 11) is 0. The molecule has 0 radical (unpaired) electrons. The van der Waals surface area contributed by atoms with Gasteiger partial charge in [-0.15, -0.1) is 0 Å². The van der Waals surface area contributed by atoms with Crippen molar-refractivity contribution < 1.29 is 9.53 Å². The quantitative estimate of drug-likeness (QED) is 0.457. The second-order valence-corrected chi connectivity index (χ2v) is 4.16. The summed E-state index contributed by atoms with van der Waals surface area (Å²) >= 11 is 0. The first-order chi connectivity index (χ1) is 6.20. The maximum Gasteiger partial charge on any atom is 0.302 e. The Morgan fingerprint density at radius 1 is 1.54 bits per heavy atom. The Kier molecular flexibility index (Phi) is 2.14. The summed E-state index contributed by atoms with van der Waals surface area (Å²) < 4.78 is 5.30. The molecule has 2 aliphatic rings. The van der Waals surface area contributed by atoms with E-state index in [1.54, 1.807) is 0 Å². The molecule has 13 heavy (non-hydrogen) atoms. The first kappa shape index (κ1) is 8.79. The zero-order chi connectivity index (χ0) is 9.42. The Bertz CT molecular complexity index is 255. The molecular weight excluding hydrogens is 164 g/mol. The topological polar surface area (TPSA) is 26.3 Å². The molecule has 0 spiro atoms. The molecule has 72 valence electrons. The van der Waals surface area contributed by atoms with E-state index in [2.05, 4.69) is 13.0 Å². The minimum atomic E-state index is -0.131. The third-order valence-electron chi connectivity index (χ3n) is 3.29. The first-order valence-electron chi connectivity index (χ1n) is 5.03. The molecule has 2 saturated carbocycles. The van der Waals surface area contributed by atoms with E-state index in [1.165, 1.54) is 25.3 Å². The smallest absolute Gasteiger partial charge is 0.302 e. The van der Waals surface area contributed by atoms with Crippen LogP contribution in [0.3, 0.4) is 0 Å². The van der Waals surface area contributed by atoms with E-state index in [4.69, 9.17) is 4.74 Å². The number of carbonyl (C=O) groups excluding carboxylic acids is 1. The van der Waals surface area contributed by atoms with E-state index in [-0.39, 0.29) is 12.1 Å². The standard InChI is InChI=1S/C11H16O2/c1-3-9-4-8-5-10(9)11(6-8)13-7(2)12/h3,8,10-11H,4-6H2,1-2H3/b9-3+/t8-,10-,11+/m0/s1. The Balaban J connectivity index is 2.06. The predicted octanol–water partition coefficient (Wildman–Crippen LogP) is 2.29. The third-order valence-corrected chi connectivity index (χ3v) is 3.29. The molecule has 0 heterocycles. The van der Waals surface area contributed by atoms with E-state index in [0.29, 0.717) is 5.92 Å². The molecule has 2 aliphatic carbocycles. The van der Waals surface area contributed by atoms with Crippen LogP contribution in [0.15, 0.2) is 11.6 Å². The minimum absolute atomic E-state index is 0.131. The highest BCUT2D eigenvalue weighted by molar-refractivity contribution is 5.66. The summed E-state index contributed by atoms with van der Waals surface area (Å²) in [5.74, 6) is 1.19. The Labute approximate surface area is 79.0 Å². The first-order valence-corrected chi connectivity index (χ1v) is 5.03. The van der Waals surface area contributed by atoms with Crippen molar-refractivity contribution in [3.05, 3.63) is 11.6 Å². The van der Waals surface area contributed by atoms with Crippen molar-refractivity contribution >= 4 is 5.97 Å². The van der Waals surface area contributed by atoms with Crippen LogP contribution in [0, 0.1) is 11.8 Å². The molecule has 0 aromatic heterocycles. The van der Waals surface area contributed by atoms with E-state index < -0.39 is 0 Å². The van der Waals surface area contributed by atoms with Gasteiger partial charge in [0, 0.05) is 12.8 Å². The zero-order valence-electron chi connectivity index (χ0n) is 8.25. The molecule has 0 N–H and O–H groups in total. The van der Waals surface area contributed by atoms with Crippen LogP contribution >= 0.6 is 0 Å². The molecule has 0 amide bonds. The lowest BCUT2D eigenvalue weighted by Crippen LogP contribution is -2.24. The van der Waals surface area contributed by atoms with Crippen molar-refractivity contribution in [2.75, 3.05) is 0 Å². The van der Waals surface area contributed by atoms with Gasteiger partial charge in [-0.1, -0.05) is 11.6 Å². The van der Waals surface area contributed by atoms with E-state index in [0.717, 1.165) is 12.3 Å². The molecule has 2 nitrogen and oxygen atoms in total. The van der Waals surface area contributed by atoms with Crippen molar-refractivity contribution in [3.8, 4) is 0 Å². The second kappa shape index (κ2) is 3.17. The second-order valence-electron chi connectivity index (χ2n) is 4.16. The number of esters is 1. The molecule has 0 aliphatic heterocycles. The highest BCUT2D eigenvalue weighted by Crippen LogP contribution is 2.49. The Hall–Kier alpha value is -0.790. The molecule has 2 fully saturated rings. The maximum absolute atomic E-state index is 10.8. The molecule has 2 rings (SSSR count). The van der Waals surface area contributed by atoms with Gasteiger partial charge in [-0.25, -0.2) is 0 Å². The van der Waals surface area contributed by atoms with Crippen molar-refractivity contribution in [1.82, 2.24) is 0 Å². The Morgan fingerprint density at radius 3 is 2.85 bits per heavy atom. The SMILES string of the molecule is C/C=C1\C[C@@H]2C[C@@H](OC(C)=O)[C@H]1C2. The number of hydrogen-bond acceptors (Lipinski definition) is 2. The molecule has 0 aromatic rings. The number of ether oxygens (including phenoxy) is 1. The van der Waals surface area contributed by atoms with E-state index in [1.807, 2.05) is 0 Å². The number of rotatable bonds is 1. The predicted molar refractivity (Wildman–Crippen MR) is 50.1 cm³/mol. The fourth-order valence-electron chi connectivity index (χ4n) is 2.82. The van der Waals surface area contributed by atoms with Crippen LogP contribution in [0.5, 0.6) is 0 Å². The van der Waals surface area contributed by atoms with Gasteiger partial charge in [-0.3, -0.25) is 4.79 Å². The van der Waals surface area contributed by atoms with Gasteiger partial charge >= 0.3 is 5.97 Å². The number of hydrogen-bond donors (Lipinski definition) is 0. The van der Waals surface area contributed by atoms with Crippen LogP contribution in [0.2, 0.25) is 0 Å². The number of fused-ring (bicyclic) bond motifs is 2. The highest BCUT2D eigenvalue weighted by Gasteiger charge is 2.44. The maximum atomic E-state index is 10.8. The van der Waals surface area contributed by atoms with Gasteiger partial charge in [0.2, 0.25) is 0 Å². The fourth-order valence-corrected chi connectivity index (χ4v) is 2.82. The van der Waals surface area contributed by atoms with E-state index >= 15 is 0 Å². The van der Waals surface area contributed by atoms with Crippen LogP contribution in [0.1, 0.15) is 33.1 Å². The van der Waals surface area contributed by atoms with Crippen LogP contribution < -0.4 is 0 Å². The van der Waals surface area contributed by atoms with Crippen LogP contribution in [0.4, 0.5) is 0 Å². The molecule has 2 heteroatoms. The summed E-state index contributed by atoms with van der Waals surface area (Å²) in [6.07, 6.45) is 5.93. The zero-order valence-corrected chi connectivity index (χ0v) is 8.25. The summed E-state index contributed by atoms with van der Waals surface area (Å²) in [6.45, 7) is 3.59. The van der Waals surface area contributed by atoms with Crippen molar-refractivity contribution in [3.63, 3.8) is 0 Å². The molecular formula is C11H16O2. The minimum Gasteiger partial charge on any atom is -0.462 e. The van der Waals surface area contributed by atoms with Gasteiger partial charge in [0.05, 0.1) is 0 Å². The van der Waals surface area contributed by atoms with Crippen molar-refractivity contribution in [2.45, 2.75) is 39.2 Å². The van der Waals surface area contributed by atoms with Crippen molar-refractivity contribution in [1.29, 1.82) is 0 Å². The fraction of sp³-hybridized carbons (Fsp3) is 0.727. The largest absolute Gasteiger partial charge is 0.462 e. The summed E-state index contributed by atoms with van der Waals surface area (Å²) in [5, 5.41) is 0. The van der Waals surface area contributed by atoms with Crippen molar-refractivity contribution in [2.24, 2.45) is 11.8 Å². The normalized spacial score (nSPS) is 39.8. The average molecular weight is 180 g/mol. The van der Waals surface area contributed by atoms with Gasteiger partial charge in [-0.2, -0.15) is 0 Å².